The number of pyridine rings is 1. The van der Waals surface area contributed by atoms with E-state index in [0.29, 0.717) is 5.69 Å². The maximum Gasteiger partial charge on any atom is 0.274 e. The van der Waals surface area contributed by atoms with Crippen molar-refractivity contribution in [3.8, 4) is 11.3 Å². The van der Waals surface area contributed by atoms with Crippen molar-refractivity contribution in [1.29, 1.82) is 0 Å². The van der Waals surface area contributed by atoms with E-state index in [1.54, 1.807) is 12.3 Å². The number of nitrogens with zero attached hydrogens (tertiary/aromatic N) is 2. The number of hydrogen-bond acceptors (Lipinski definition) is 3. The first kappa shape index (κ1) is 13.9. The van der Waals surface area contributed by atoms with Gasteiger partial charge in [-0.1, -0.05) is 12.1 Å². The van der Waals surface area contributed by atoms with Crippen molar-refractivity contribution in [3.63, 3.8) is 0 Å². The third-order valence-corrected chi connectivity index (χ3v) is 3.19. The average Bonchev–Trinajstić information content (AvgIpc) is 3.04. The van der Waals surface area contributed by atoms with Crippen LogP contribution in [0.15, 0.2) is 48.7 Å². The maximum absolute atomic E-state index is 13.2. The minimum atomic E-state index is -0.433. The van der Waals surface area contributed by atoms with Crippen molar-refractivity contribution in [3.05, 3.63) is 65.9 Å². The summed E-state index contributed by atoms with van der Waals surface area (Å²) in [5.74, 6) is -0.817. The van der Waals surface area contributed by atoms with E-state index in [-0.39, 0.29) is 17.3 Å². The number of aryl methyl sites for hydroxylation is 1. The lowest BCUT2D eigenvalue weighted by atomic mass is 10.1. The number of aromatic nitrogens is 3. The number of H-pyrrole nitrogens is 1. The number of hydrogen-bond donors (Lipinski definition) is 2. The summed E-state index contributed by atoms with van der Waals surface area (Å²) in [6.45, 7) is 1.52. The van der Waals surface area contributed by atoms with Crippen LogP contribution in [0.5, 0.6) is 0 Å². The quantitative estimate of drug-likeness (QED) is 0.780. The highest BCUT2D eigenvalue weighted by molar-refractivity contribution is 6.03. The van der Waals surface area contributed by atoms with E-state index >= 15 is 0 Å². The molecule has 0 saturated heterocycles. The van der Waals surface area contributed by atoms with E-state index in [0.717, 1.165) is 11.3 Å². The molecule has 22 heavy (non-hydrogen) atoms. The molecule has 6 heteroatoms. The molecule has 0 bridgehead atoms. The van der Waals surface area contributed by atoms with Gasteiger partial charge >= 0.3 is 0 Å². The molecule has 3 aromatic rings. The number of halogens is 1. The van der Waals surface area contributed by atoms with Crippen LogP contribution >= 0.6 is 0 Å². The van der Waals surface area contributed by atoms with E-state index in [9.17, 15) is 9.18 Å². The fraction of sp³-hybridized carbons (Fsp3) is 0.0625. The molecule has 2 heterocycles. The van der Waals surface area contributed by atoms with Gasteiger partial charge in [-0.2, -0.15) is 5.10 Å². The second-order valence-electron chi connectivity index (χ2n) is 4.77. The maximum atomic E-state index is 13.2. The summed E-state index contributed by atoms with van der Waals surface area (Å²) in [6.07, 6.45) is 1.66. The highest BCUT2D eigenvalue weighted by atomic mass is 19.1. The number of benzene rings is 1. The summed E-state index contributed by atoms with van der Waals surface area (Å²) in [7, 11) is 0. The Morgan fingerprint density at radius 2 is 2.09 bits per heavy atom. The molecule has 0 aliphatic carbocycles. The molecule has 0 atom stereocenters. The number of carbonyl (C=O) groups excluding carboxylic acids is 1. The molecule has 2 N–H and O–H groups in total. The zero-order valence-electron chi connectivity index (χ0n) is 11.8. The van der Waals surface area contributed by atoms with Gasteiger partial charge in [-0.15, -0.1) is 0 Å². The smallest absolute Gasteiger partial charge is 0.274 e. The second-order valence-corrected chi connectivity index (χ2v) is 4.77. The molecule has 3 rings (SSSR count). The molecule has 0 aliphatic rings. The Morgan fingerprint density at radius 1 is 1.23 bits per heavy atom. The van der Waals surface area contributed by atoms with Gasteiger partial charge in [-0.05, 0) is 37.3 Å². The minimum Gasteiger partial charge on any atom is -0.321 e. The van der Waals surface area contributed by atoms with Crippen LogP contribution in [0.3, 0.4) is 0 Å². The second kappa shape index (κ2) is 5.77. The van der Waals surface area contributed by atoms with Gasteiger partial charge in [0, 0.05) is 17.4 Å². The minimum absolute atomic E-state index is 0.172. The Balaban J connectivity index is 1.82. The van der Waals surface area contributed by atoms with Crippen molar-refractivity contribution in [2.75, 3.05) is 5.32 Å². The van der Waals surface area contributed by atoms with Gasteiger partial charge in [0.15, 0.2) is 0 Å². The summed E-state index contributed by atoms with van der Waals surface area (Å²) in [5, 5.41) is 9.51. The third-order valence-electron chi connectivity index (χ3n) is 3.19. The lowest BCUT2D eigenvalue weighted by Crippen LogP contribution is -2.14. The number of nitrogens with one attached hydrogen (secondary N) is 2. The Bertz CT molecular complexity index is 815. The standard InChI is InChI=1S/C16H13FN4O/c1-10-13(17)5-6-15(19-10)16(22)20-12-4-2-3-11(9-12)14-7-8-18-21-14/h2-9H,1H3,(H,18,21)(H,20,22). The topological polar surface area (TPSA) is 70.7 Å². The lowest BCUT2D eigenvalue weighted by molar-refractivity contribution is 0.102. The number of rotatable bonds is 3. The Hall–Kier alpha value is -3.02. The van der Waals surface area contributed by atoms with Crippen LogP contribution < -0.4 is 5.32 Å². The molecule has 0 spiro atoms. The molecule has 0 radical (unpaired) electrons. The predicted octanol–water partition coefficient (Wildman–Crippen LogP) is 3.17. The first-order valence-electron chi connectivity index (χ1n) is 6.68. The van der Waals surface area contributed by atoms with Crippen LogP contribution in [-0.4, -0.2) is 21.1 Å². The van der Waals surface area contributed by atoms with Crippen LogP contribution in [0, 0.1) is 12.7 Å². The van der Waals surface area contributed by atoms with Crippen molar-refractivity contribution >= 4 is 11.6 Å². The number of aromatic amines is 1. The fourth-order valence-corrected chi connectivity index (χ4v) is 2.05. The summed E-state index contributed by atoms with van der Waals surface area (Å²) >= 11 is 0. The summed E-state index contributed by atoms with van der Waals surface area (Å²) < 4.78 is 13.2. The SMILES string of the molecule is Cc1nc(C(=O)Nc2cccc(-c3ccn[nH]3)c2)ccc1F. The molecular formula is C16H13FN4O. The van der Waals surface area contributed by atoms with Gasteiger partial charge in [0.1, 0.15) is 11.5 Å². The molecule has 0 aliphatic heterocycles. The van der Waals surface area contributed by atoms with Crippen LogP contribution in [0.4, 0.5) is 10.1 Å². The highest BCUT2D eigenvalue weighted by Crippen LogP contribution is 2.20. The van der Waals surface area contributed by atoms with E-state index in [1.165, 1.54) is 19.1 Å². The molecule has 0 unspecified atom stereocenters. The van der Waals surface area contributed by atoms with Crippen LogP contribution in [0.25, 0.3) is 11.3 Å². The van der Waals surface area contributed by atoms with Crippen LogP contribution in [0.1, 0.15) is 16.2 Å². The molecule has 0 saturated carbocycles. The van der Waals surface area contributed by atoms with E-state index in [4.69, 9.17) is 0 Å². The number of anilines is 1. The van der Waals surface area contributed by atoms with Crippen molar-refractivity contribution in [2.45, 2.75) is 6.92 Å². The summed E-state index contributed by atoms with van der Waals surface area (Å²) in [6, 6.07) is 11.8. The average molecular weight is 296 g/mol. The normalized spacial score (nSPS) is 10.5. The fourth-order valence-electron chi connectivity index (χ4n) is 2.05. The predicted molar refractivity (Wildman–Crippen MR) is 80.9 cm³/mol. The first-order valence-corrected chi connectivity index (χ1v) is 6.68. The Morgan fingerprint density at radius 3 is 2.82 bits per heavy atom. The molecular weight excluding hydrogens is 283 g/mol. The zero-order chi connectivity index (χ0) is 15.5. The van der Waals surface area contributed by atoms with Gasteiger partial charge in [0.05, 0.1) is 11.4 Å². The van der Waals surface area contributed by atoms with Gasteiger partial charge < -0.3 is 5.32 Å². The lowest BCUT2D eigenvalue weighted by Gasteiger charge is -2.07. The molecule has 5 nitrogen and oxygen atoms in total. The van der Waals surface area contributed by atoms with Gasteiger partial charge in [-0.3, -0.25) is 9.89 Å². The van der Waals surface area contributed by atoms with E-state index in [2.05, 4.69) is 20.5 Å². The Kier molecular flexibility index (Phi) is 3.65. The third kappa shape index (κ3) is 2.85. The molecule has 1 aromatic carbocycles. The molecule has 2 aromatic heterocycles. The van der Waals surface area contributed by atoms with Crippen molar-refractivity contribution in [2.24, 2.45) is 0 Å². The summed E-state index contributed by atoms with van der Waals surface area (Å²) in [4.78, 5) is 16.1. The monoisotopic (exact) mass is 296 g/mol. The van der Waals surface area contributed by atoms with Gasteiger partial charge in [0.2, 0.25) is 0 Å². The van der Waals surface area contributed by atoms with Crippen LogP contribution in [0.2, 0.25) is 0 Å². The number of carbonyl (C=O) groups is 1. The number of amides is 1. The zero-order valence-corrected chi connectivity index (χ0v) is 11.8. The summed E-state index contributed by atoms with van der Waals surface area (Å²) in [5.41, 5.74) is 2.75. The van der Waals surface area contributed by atoms with Gasteiger partial charge in [0.25, 0.3) is 5.91 Å². The van der Waals surface area contributed by atoms with Crippen molar-refractivity contribution < 1.29 is 9.18 Å². The largest absolute Gasteiger partial charge is 0.321 e. The molecule has 110 valence electrons. The van der Waals surface area contributed by atoms with Crippen LogP contribution in [-0.2, 0) is 0 Å². The van der Waals surface area contributed by atoms with Gasteiger partial charge in [-0.25, -0.2) is 9.37 Å². The molecule has 0 fully saturated rings. The van der Waals surface area contributed by atoms with E-state index in [1.807, 2.05) is 24.3 Å². The highest BCUT2D eigenvalue weighted by Gasteiger charge is 2.10. The Labute approximate surface area is 126 Å². The van der Waals surface area contributed by atoms with E-state index < -0.39 is 5.82 Å². The first-order chi connectivity index (χ1) is 10.6. The van der Waals surface area contributed by atoms with Crippen molar-refractivity contribution in [1.82, 2.24) is 15.2 Å². The molecule has 1 amide bonds.